The first-order chi connectivity index (χ1) is 12.0. The van der Waals surface area contributed by atoms with Crippen LogP contribution in [0.2, 0.25) is 0 Å². The molecule has 2 N–H and O–H groups in total. The van der Waals surface area contributed by atoms with Crippen molar-refractivity contribution in [1.29, 1.82) is 0 Å². The Morgan fingerprint density at radius 3 is 2.68 bits per heavy atom. The molecule has 0 bridgehead atoms. The van der Waals surface area contributed by atoms with E-state index >= 15 is 0 Å². The lowest BCUT2D eigenvalue weighted by molar-refractivity contribution is 0.0607. The molecule has 0 aromatic carbocycles. The summed E-state index contributed by atoms with van der Waals surface area (Å²) in [6, 6.07) is 1.53. The number of fused-ring (bicyclic) bond motifs is 1. The first-order valence-electron chi connectivity index (χ1n) is 8.58. The summed E-state index contributed by atoms with van der Waals surface area (Å²) in [5.74, 6) is -0.108. The van der Waals surface area contributed by atoms with Gasteiger partial charge in [0.1, 0.15) is 5.65 Å². The summed E-state index contributed by atoms with van der Waals surface area (Å²) in [6.07, 6.45) is 4.63. The van der Waals surface area contributed by atoms with Crippen molar-refractivity contribution in [2.45, 2.75) is 19.3 Å². The summed E-state index contributed by atoms with van der Waals surface area (Å²) in [7, 11) is 1.54. The van der Waals surface area contributed by atoms with E-state index in [0.29, 0.717) is 11.0 Å². The van der Waals surface area contributed by atoms with Gasteiger partial charge in [0.05, 0.1) is 10.9 Å². The van der Waals surface area contributed by atoms with Crippen LogP contribution >= 0.6 is 0 Å². The van der Waals surface area contributed by atoms with Crippen LogP contribution in [0.15, 0.2) is 21.9 Å². The molecule has 2 saturated heterocycles. The average molecular weight is 343 g/mol. The zero-order chi connectivity index (χ0) is 17.6. The van der Waals surface area contributed by atoms with E-state index in [0.717, 1.165) is 39.0 Å². The van der Waals surface area contributed by atoms with Crippen LogP contribution in [0.4, 0.5) is 0 Å². The standard InChI is InChI=1S/C17H21N5O3/c1-21-13-12(14(23)20-16(21)25)8-11(9-19-13)15(24)22-6-3-17(4-7-22)2-5-18-10-17/h8-9,18H,2-7,10H2,1H3,(H,20,23,25). The predicted octanol–water partition coefficient (Wildman–Crippen LogP) is -0.163. The molecule has 2 aliphatic rings. The van der Waals surface area contributed by atoms with E-state index in [1.54, 1.807) is 0 Å². The lowest BCUT2D eigenvalue weighted by atomic mass is 9.78. The summed E-state index contributed by atoms with van der Waals surface area (Å²) in [6.45, 7) is 3.55. The number of aromatic amines is 1. The molecule has 0 radical (unpaired) electrons. The van der Waals surface area contributed by atoms with E-state index in [4.69, 9.17) is 0 Å². The fraction of sp³-hybridized carbons (Fsp3) is 0.529. The summed E-state index contributed by atoms with van der Waals surface area (Å²) in [4.78, 5) is 44.7. The topological polar surface area (TPSA) is 100 Å². The number of hydrogen-bond acceptors (Lipinski definition) is 5. The highest BCUT2D eigenvalue weighted by Crippen LogP contribution is 2.37. The number of pyridine rings is 1. The van der Waals surface area contributed by atoms with E-state index in [9.17, 15) is 14.4 Å². The molecule has 1 spiro atoms. The van der Waals surface area contributed by atoms with E-state index in [2.05, 4.69) is 15.3 Å². The van der Waals surface area contributed by atoms with Crippen molar-refractivity contribution < 1.29 is 4.79 Å². The van der Waals surface area contributed by atoms with Crippen molar-refractivity contribution in [3.05, 3.63) is 38.7 Å². The zero-order valence-corrected chi connectivity index (χ0v) is 14.2. The van der Waals surface area contributed by atoms with Gasteiger partial charge in [0.25, 0.3) is 11.5 Å². The maximum Gasteiger partial charge on any atom is 0.329 e. The molecule has 0 unspecified atom stereocenters. The number of carbonyl (C=O) groups excluding carboxylic acids is 1. The molecule has 4 heterocycles. The van der Waals surface area contributed by atoms with Crippen LogP contribution in [0.25, 0.3) is 11.0 Å². The molecule has 1 amide bonds. The fourth-order valence-corrected chi connectivity index (χ4v) is 3.94. The van der Waals surface area contributed by atoms with Gasteiger partial charge in [-0.3, -0.25) is 19.1 Å². The molecule has 4 rings (SSSR count). The van der Waals surface area contributed by atoms with Crippen LogP contribution in [-0.4, -0.2) is 51.5 Å². The SMILES string of the molecule is Cn1c(=O)[nH]c(=O)c2cc(C(=O)N3CCC4(CCNC4)CC3)cnc21. The Morgan fingerprint density at radius 1 is 1.24 bits per heavy atom. The Labute approximate surface area is 143 Å². The van der Waals surface area contributed by atoms with Crippen LogP contribution in [0.3, 0.4) is 0 Å². The van der Waals surface area contributed by atoms with Gasteiger partial charge >= 0.3 is 5.69 Å². The predicted molar refractivity (Wildman–Crippen MR) is 92.7 cm³/mol. The molecule has 0 atom stereocenters. The molecule has 2 aromatic rings. The molecule has 2 fully saturated rings. The summed E-state index contributed by atoms with van der Waals surface area (Å²) in [5, 5.41) is 3.67. The van der Waals surface area contributed by atoms with Gasteiger partial charge in [-0.2, -0.15) is 0 Å². The Kier molecular flexibility index (Phi) is 3.72. The molecule has 25 heavy (non-hydrogen) atoms. The third kappa shape index (κ3) is 2.66. The monoisotopic (exact) mass is 343 g/mol. The highest BCUT2D eigenvalue weighted by Gasteiger charge is 2.38. The number of nitrogens with one attached hydrogen (secondary N) is 2. The molecular weight excluding hydrogens is 322 g/mol. The van der Waals surface area contributed by atoms with Crippen molar-refractivity contribution in [2.24, 2.45) is 12.5 Å². The number of amides is 1. The first kappa shape index (κ1) is 16.0. The van der Waals surface area contributed by atoms with E-state index in [1.165, 1.54) is 30.3 Å². The van der Waals surface area contributed by atoms with Gasteiger partial charge < -0.3 is 10.2 Å². The average Bonchev–Trinajstić information content (AvgIpc) is 3.07. The number of nitrogens with zero attached hydrogens (tertiary/aromatic N) is 3. The number of piperidine rings is 1. The summed E-state index contributed by atoms with van der Waals surface area (Å²) >= 11 is 0. The lowest BCUT2D eigenvalue weighted by Gasteiger charge is -2.38. The minimum atomic E-state index is -0.519. The van der Waals surface area contributed by atoms with Gasteiger partial charge in [0, 0.05) is 32.9 Å². The number of aryl methyl sites for hydroxylation is 1. The van der Waals surface area contributed by atoms with Crippen LogP contribution in [0.1, 0.15) is 29.6 Å². The van der Waals surface area contributed by atoms with Crippen molar-refractivity contribution in [3.8, 4) is 0 Å². The fourth-order valence-electron chi connectivity index (χ4n) is 3.94. The third-order valence-corrected chi connectivity index (χ3v) is 5.64. The Morgan fingerprint density at radius 2 is 2.00 bits per heavy atom. The minimum Gasteiger partial charge on any atom is -0.339 e. The molecule has 0 aliphatic carbocycles. The molecule has 2 aliphatic heterocycles. The lowest BCUT2D eigenvalue weighted by Crippen LogP contribution is -2.44. The number of H-pyrrole nitrogens is 1. The van der Waals surface area contributed by atoms with Crippen LogP contribution in [0, 0.1) is 5.41 Å². The quantitative estimate of drug-likeness (QED) is 0.749. The van der Waals surface area contributed by atoms with Crippen molar-refractivity contribution in [2.75, 3.05) is 26.2 Å². The van der Waals surface area contributed by atoms with Gasteiger partial charge in [0.15, 0.2) is 0 Å². The van der Waals surface area contributed by atoms with Gasteiger partial charge in [-0.05, 0) is 37.3 Å². The van der Waals surface area contributed by atoms with Gasteiger partial charge in [-0.15, -0.1) is 0 Å². The molecule has 0 saturated carbocycles. The first-order valence-corrected chi connectivity index (χ1v) is 8.58. The maximum absolute atomic E-state index is 12.8. The number of hydrogen-bond donors (Lipinski definition) is 2. The van der Waals surface area contributed by atoms with E-state index in [-0.39, 0.29) is 16.9 Å². The normalized spacial score (nSPS) is 19.6. The molecule has 132 valence electrons. The smallest absolute Gasteiger partial charge is 0.329 e. The molecule has 8 heteroatoms. The number of rotatable bonds is 1. The molecule has 2 aromatic heterocycles. The van der Waals surface area contributed by atoms with E-state index in [1.807, 2.05) is 4.90 Å². The van der Waals surface area contributed by atoms with Gasteiger partial charge in [0.2, 0.25) is 0 Å². The van der Waals surface area contributed by atoms with Crippen LogP contribution in [0.5, 0.6) is 0 Å². The van der Waals surface area contributed by atoms with Crippen molar-refractivity contribution in [3.63, 3.8) is 0 Å². The van der Waals surface area contributed by atoms with Gasteiger partial charge in [-0.1, -0.05) is 0 Å². The molecule has 8 nitrogen and oxygen atoms in total. The third-order valence-electron chi connectivity index (χ3n) is 5.64. The highest BCUT2D eigenvalue weighted by molar-refractivity contribution is 5.96. The number of aromatic nitrogens is 3. The summed E-state index contributed by atoms with van der Waals surface area (Å²) in [5.41, 5.74) is -0.0315. The zero-order valence-electron chi connectivity index (χ0n) is 14.2. The second-order valence-electron chi connectivity index (χ2n) is 7.13. The number of carbonyl (C=O) groups is 1. The van der Waals surface area contributed by atoms with Crippen molar-refractivity contribution in [1.82, 2.24) is 24.8 Å². The Balaban J connectivity index is 1.60. The second kappa shape index (κ2) is 5.80. The number of likely N-dealkylation sites (tertiary alicyclic amines) is 1. The second-order valence-corrected chi connectivity index (χ2v) is 7.13. The van der Waals surface area contributed by atoms with E-state index < -0.39 is 11.2 Å². The minimum absolute atomic E-state index is 0.108. The largest absolute Gasteiger partial charge is 0.339 e. The summed E-state index contributed by atoms with van der Waals surface area (Å²) < 4.78 is 1.27. The Hall–Kier alpha value is -2.48. The van der Waals surface area contributed by atoms with Crippen LogP contribution in [-0.2, 0) is 7.05 Å². The highest BCUT2D eigenvalue weighted by atomic mass is 16.2. The Bertz CT molecular complexity index is 945. The van der Waals surface area contributed by atoms with Crippen molar-refractivity contribution >= 4 is 16.9 Å². The maximum atomic E-state index is 12.8. The van der Waals surface area contributed by atoms with Gasteiger partial charge in [-0.25, -0.2) is 9.78 Å². The molecular formula is C17H21N5O3. The van der Waals surface area contributed by atoms with Crippen LogP contribution < -0.4 is 16.6 Å².